The molecule has 0 amide bonds. The quantitative estimate of drug-likeness (QED) is 0.826. The lowest BCUT2D eigenvalue weighted by molar-refractivity contribution is 0.172. The molecule has 90 valence electrons. The van der Waals surface area contributed by atoms with Crippen molar-refractivity contribution >= 4 is 5.82 Å². The average molecular weight is 222 g/mol. The monoisotopic (exact) mass is 222 g/mol. The second-order valence-electron chi connectivity index (χ2n) is 5.23. The van der Waals surface area contributed by atoms with Crippen molar-refractivity contribution in [1.29, 1.82) is 0 Å². The van der Waals surface area contributed by atoms with E-state index in [1.54, 1.807) is 6.20 Å². The minimum Gasteiger partial charge on any atom is -0.388 e. The van der Waals surface area contributed by atoms with Gasteiger partial charge in [0.05, 0.1) is 6.10 Å². The van der Waals surface area contributed by atoms with Crippen LogP contribution in [0.25, 0.3) is 0 Å². The molecule has 3 heteroatoms. The van der Waals surface area contributed by atoms with Crippen LogP contribution in [0.15, 0.2) is 12.3 Å². The predicted octanol–water partition coefficient (Wildman–Crippen LogP) is 3.04. The summed E-state index contributed by atoms with van der Waals surface area (Å²) in [6.07, 6.45) is 2.07. The van der Waals surface area contributed by atoms with E-state index in [1.165, 1.54) is 0 Å². The number of nitrogens with zero attached hydrogens (tertiary/aromatic N) is 1. The van der Waals surface area contributed by atoms with Gasteiger partial charge in [-0.05, 0) is 45.7 Å². The fourth-order valence-electron chi connectivity index (χ4n) is 1.59. The zero-order valence-electron chi connectivity index (χ0n) is 10.8. The molecule has 0 unspecified atom stereocenters. The highest BCUT2D eigenvalue weighted by molar-refractivity contribution is 5.42. The van der Waals surface area contributed by atoms with E-state index < -0.39 is 6.10 Å². The Kier molecular flexibility index (Phi) is 3.92. The molecule has 0 saturated carbocycles. The third-order valence-corrected chi connectivity index (χ3v) is 2.40. The van der Waals surface area contributed by atoms with Crippen LogP contribution in [0.3, 0.4) is 0 Å². The lowest BCUT2D eigenvalue weighted by atomic mass is 10.0. The summed E-state index contributed by atoms with van der Waals surface area (Å²) < 4.78 is 0. The zero-order chi connectivity index (χ0) is 12.3. The number of aliphatic hydroxyl groups excluding tert-OH is 1. The Labute approximate surface area is 97.9 Å². The minimum atomic E-state index is -0.406. The number of nitrogens with one attached hydrogen (secondary N) is 1. The molecule has 2 N–H and O–H groups in total. The molecule has 1 aromatic rings. The third-order valence-electron chi connectivity index (χ3n) is 2.40. The molecule has 0 aliphatic carbocycles. The first-order valence-corrected chi connectivity index (χ1v) is 5.76. The Bertz CT molecular complexity index is 355. The molecule has 1 aromatic heterocycles. The van der Waals surface area contributed by atoms with Gasteiger partial charge >= 0.3 is 0 Å². The van der Waals surface area contributed by atoms with Gasteiger partial charge in [0.2, 0.25) is 0 Å². The minimum absolute atomic E-state index is 0.00429. The molecule has 1 rings (SSSR count). The van der Waals surface area contributed by atoms with Gasteiger partial charge in [0.15, 0.2) is 0 Å². The first kappa shape index (κ1) is 13.0. The van der Waals surface area contributed by atoms with E-state index in [-0.39, 0.29) is 5.54 Å². The Morgan fingerprint density at radius 2 is 2.06 bits per heavy atom. The molecule has 0 aliphatic heterocycles. The van der Waals surface area contributed by atoms with E-state index in [2.05, 4.69) is 31.1 Å². The molecular weight excluding hydrogens is 200 g/mol. The van der Waals surface area contributed by atoms with Crippen LogP contribution in [-0.4, -0.2) is 15.6 Å². The molecule has 3 nitrogen and oxygen atoms in total. The summed E-state index contributed by atoms with van der Waals surface area (Å²) in [5.41, 5.74) is 2.00. The average Bonchev–Trinajstić information content (AvgIpc) is 2.14. The van der Waals surface area contributed by atoms with Crippen molar-refractivity contribution in [3.8, 4) is 0 Å². The summed E-state index contributed by atoms with van der Waals surface area (Å²) in [7, 11) is 0. The van der Waals surface area contributed by atoms with Gasteiger partial charge in [-0.1, -0.05) is 6.92 Å². The highest BCUT2D eigenvalue weighted by atomic mass is 16.3. The van der Waals surface area contributed by atoms with Crippen LogP contribution >= 0.6 is 0 Å². The number of rotatable bonds is 3. The van der Waals surface area contributed by atoms with E-state index in [1.807, 2.05) is 19.9 Å². The number of anilines is 1. The fraction of sp³-hybridized carbons (Fsp3) is 0.615. The van der Waals surface area contributed by atoms with Crippen molar-refractivity contribution in [2.75, 3.05) is 5.32 Å². The van der Waals surface area contributed by atoms with E-state index >= 15 is 0 Å². The summed E-state index contributed by atoms with van der Waals surface area (Å²) in [6, 6.07) is 1.99. The van der Waals surface area contributed by atoms with E-state index in [0.29, 0.717) is 6.42 Å². The number of aliphatic hydroxyl groups is 1. The van der Waals surface area contributed by atoms with Crippen LogP contribution in [0.2, 0.25) is 0 Å². The smallest absolute Gasteiger partial charge is 0.126 e. The standard InChI is InChI=1S/C13H22N2O/c1-6-11(16)10-8-14-12(7-9(10)2)15-13(3,4)5/h7-8,11,16H,6H2,1-5H3,(H,14,15)/t11-/m1/s1. The van der Waals surface area contributed by atoms with Crippen molar-refractivity contribution < 1.29 is 5.11 Å². The topological polar surface area (TPSA) is 45.2 Å². The van der Waals surface area contributed by atoms with E-state index in [0.717, 1.165) is 16.9 Å². The van der Waals surface area contributed by atoms with Gasteiger partial charge in [-0.2, -0.15) is 0 Å². The van der Waals surface area contributed by atoms with Crippen LogP contribution in [0.5, 0.6) is 0 Å². The highest BCUT2D eigenvalue weighted by Gasteiger charge is 2.13. The maximum atomic E-state index is 9.77. The largest absolute Gasteiger partial charge is 0.388 e. The molecule has 0 bridgehead atoms. The van der Waals surface area contributed by atoms with Crippen LogP contribution in [0.1, 0.15) is 51.3 Å². The molecule has 0 radical (unpaired) electrons. The summed E-state index contributed by atoms with van der Waals surface area (Å²) >= 11 is 0. The van der Waals surface area contributed by atoms with Gasteiger partial charge in [0, 0.05) is 17.3 Å². The SMILES string of the molecule is CC[C@@H](O)c1cnc(NC(C)(C)C)cc1C. The maximum Gasteiger partial charge on any atom is 0.126 e. The summed E-state index contributed by atoms with van der Waals surface area (Å²) in [5, 5.41) is 13.1. The van der Waals surface area contributed by atoms with Crippen molar-refractivity contribution in [2.45, 2.75) is 52.7 Å². The first-order chi connectivity index (χ1) is 7.33. The zero-order valence-corrected chi connectivity index (χ0v) is 10.8. The van der Waals surface area contributed by atoms with Crippen LogP contribution in [0.4, 0.5) is 5.82 Å². The molecule has 0 spiro atoms. The summed E-state index contributed by atoms with van der Waals surface area (Å²) in [4.78, 5) is 4.32. The lowest BCUT2D eigenvalue weighted by Crippen LogP contribution is -2.26. The lowest BCUT2D eigenvalue weighted by Gasteiger charge is -2.22. The molecule has 0 aliphatic rings. The fourth-order valence-corrected chi connectivity index (χ4v) is 1.59. The maximum absolute atomic E-state index is 9.77. The van der Waals surface area contributed by atoms with Crippen LogP contribution in [0, 0.1) is 6.92 Å². The normalized spacial score (nSPS) is 13.6. The third kappa shape index (κ3) is 3.49. The van der Waals surface area contributed by atoms with Crippen molar-refractivity contribution in [1.82, 2.24) is 4.98 Å². The van der Waals surface area contributed by atoms with Gasteiger partial charge < -0.3 is 10.4 Å². The number of aryl methyl sites for hydroxylation is 1. The van der Waals surface area contributed by atoms with Crippen molar-refractivity contribution in [2.24, 2.45) is 0 Å². The highest BCUT2D eigenvalue weighted by Crippen LogP contribution is 2.22. The van der Waals surface area contributed by atoms with Gasteiger partial charge in [0.25, 0.3) is 0 Å². The molecule has 1 atom stereocenters. The van der Waals surface area contributed by atoms with Gasteiger partial charge in [-0.15, -0.1) is 0 Å². The molecule has 0 saturated heterocycles. The van der Waals surface area contributed by atoms with Crippen LogP contribution < -0.4 is 5.32 Å². The Morgan fingerprint density at radius 3 is 2.50 bits per heavy atom. The second-order valence-corrected chi connectivity index (χ2v) is 5.23. The predicted molar refractivity (Wildman–Crippen MR) is 67.6 cm³/mol. The number of pyridine rings is 1. The van der Waals surface area contributed by atoms with Crippen molar-refractivity contribution in [3.05, 3.63) is 23.4 Å². The molecule has 0 aromatic carbocycles. The molecule has 16 heavy (non-hydrogen) atoms. The number of aromatic nitrogens is 1. The van der Waals surface area contributed by atoms with E-state index in [9.17, 15) is 5.11 Å². The molecular formula is C13H22N2O. The second kappa shape index (κ2) is 4.83. The molecule has 0 fully saturated rings. The summed E-state index contributed by atoms with van der Waals surface area (Å²) in [6.45, 7) is 10.3. The first-order valence-electron chi connectivity index (χ1n) is 5.76. The van der Waals surface area contributed by atoms with Crippen LogP contribution in [-0.2, 0) is 0 Å². The van der Waals surface area contributed by atoms with E-state index in [4.69, 9.17) is 0 Å². The Hall–Kier alpha value is -1.09. The summed E-state index contributed by atoms with van der Waals surface area (Å²) in [5.74, 6) is 0.858. The number of hydrogen-bond acceptors (Lipinski definition) is 3. The van der Waals surface area contributed by atoms with Crippen molar-refractivity contribution in [3.63, 3.8) is 0 Å². The molecule has 1 heterocycles. The van der Waals surface area contributed by atoms with Gasteiger partial charge in [-0.25, -0.2) is 4.98 Å². The Morgan fingerprint density at radius 1 is 1.44 bits per heavy atom. The Balaban J connectivity index is 2.91. The van der Waals surface area contributed by atoms with Gasteiger partial charge in [-0.3, -0.25) is 0 Å². The number of hydrogen-bond donors (Lipinski definition) is 2. The van der Waals surface area contributed by atoms with Gasteiger partial charge in [0.1, 0.15) is 5.82 Å².